The first-order chi connectivity index (χ1) is 16.9. The zero-order valence-corrected chi connectivity index (χ0v) is 20.7. The van der Waals surface area contributed by atoms with E-state index in [-0.39, 0.29) is 11.4 Å². The van der Waals surface area contributed by atoms with E-state index in [0.717, 1.165) is 11.1 Å². The molecule has 0 aliphatic heterocycles. The molecule has 3 aromatic rings. The van der Waals surface area contributed by atoms with Gasteiger partial charge in [-0.15, -0.1) is 0 Å². The summed E-state index contributed by atoms with van der Waals surface area (Å²) in [7, 11) is 1.58. The normalized spacial score (nSPS) is 12.6. The highest BCUT2D eigenvalue weighted by Crippen LogP contribution is 2.28. The summed E-state index contributed by atoms with van der Waals surface area (Å²) in [4.78, 5) is 25.8. The molecule has 0 spiro atoms. The van der Waals surface area contributed by atoms with Crippen molar-refractivity contribution in [1.82, 2.24) is 10.7 Å². The van der Waals surface area contributed by atoms with Crippen LogP contribution >= 0.6 is 23.2 Å². The van der Waals surface area contributed by atoms with E-state index >= 15 is 0 Å². The Balaban J connectivity index is 1.67. The van der Waals surface area contributed by atoms with Gasteiger partial charge in [0.15, 0.2) is 6.10 Å². The summed E-state index contributed by atoms with van der Waals surface area (Å²) in [6.45, 7) is 1.57. The molecule has 2 amide bonds. The van der Waals surface area contributed by atoms with Gasteiger partial charge in [0.25, 0.3) is 11.8 Å². The van der Waals surface area contributed by atoms with Crippen molar-refractivity contribution in [2.24, 2.45) is 5.10 Å². The molecule has 2 N–H and O–H groups in total. The molecule has 0 heterocycles. The van der Waals surface area contributed by atoms with Crippen LogP contribution in [0, 0.1) is 0 Å². The fourth-order valence-electron chi connectivity index (χ4n) is 3.10. The number of hydrazone groups is 1. The number of hydrogen-bond acceptors (Lipinski definition) is 5. The van der Waals surface area contributed by atoms with Crippen LogP contribution in [0.25, 0.3) is 0 Å². The minimum atomic E-state index is -0.914. The van der Waals surface area contributed by atoms with E-state index in [2.05, 4.69) is 15.8 Å². The van der Waals surface area contributed by atoms with Crippen molar-refractivity contribution < 1.29 is 19.1 Å². The van der Waals surface area contributed by atoms with Gasteiger partial charge < -0.3 is 14.8 Å². The van der Waals surface area contributed by atoms with Crippen LogP contribution in [0.5, 0.6) is 11.5 Å². The highest BCUT2D eigenvalue weighted by atomic mass is 35.5. The number of rotatable bonds is 10. The number of hydrogen-bond donors (Lipinski definition) is 2. The predicted molar refractivity (Wildman–Crippen MR) is 137 cm³/mol. The molecule has 0 unspecified atom stereocenters. The first kappa shape index (κ1) is 26.1. The molecule has 2 atom stereocenters. The third kappa shape index (κ3) is 8.02. The van der Waals surface area contributed by atoms with Gasteiger partial charge in [0.05, 0.1) is 18.3 Å². The first-order valence-electron chi connectivity index (χ1n) is 10.8. The molecule has 0 bridgehead atoms. The molecule has 0 radical (unpaired) electrons. The van der Waals surface area contributed by atoms with Gasteiger partial charge in [-0.1, -0.05) is 53.5 Å². The summed E-state index contributed by atoms with van der Waals surface area (Å²) in [6.07, 6.45) is 0.861. The summed E-state index contributed by atoms with van der Waals surface area (Å²) in [5, 5.41) is 7.50. The minimum absolute atomic E-state index is 0.269. The summed E-state index contributed by atoms with van der Waals surface area (Å²) in [5.74, 6) is 0.0786. The third-order valence-corrected chi connectivity index (χ3v) is 5.52. The van der Waals surface area contributed by atoms with Gasteiger partial charge >= 0.3 is 0 Å². The Morgan fingerprint density at radius 1 is 1.00 bits per heavy atom. The standard InChI is InChI=1S/C26H25Cl2N3O4/c1-17(35-24-13-10-20(27)15-22(24)28)25(32)30-23(14-18-6-4-3-5-7-18)26(33)31-29-16-19-8-11-21(34-2)12-9-19/h3-13,15-17,23H,14H2,1-2H3,(H,30,32)(H,31,33)/b29-16-/t17-,23+/m1/s1. The quantitative estimate of drug-likeness (QED) is 0.305. The van der Waals surface area contributed by atoms with E-state index in [9.17, 15) is 9.59 Å². The highest BCUT2D eigenvalue weighted by molar-refractivity contribution is 6.35. The van der Waals surface area contributed by atoms with Crippen LogP contribution < -0.4 is 20.2 Å². The van der Waals surface area contributed by atoms with Crippen LogP contribution in [0.1, 0.15) is 18.1 Å². The molecule has 0 aliphatic rings. The Bertz CT molecular complexity index is 1170. The minimum Gasteiger partial charge on any atom is -0.497 e. The summed E-state index contributed by atoms with van der Waals surface area (Å²) < 4.78 is 10.8. The van der Waals surface area contributed by atoms with Crippen LogP contribution in [-0.2, 0) is 16.0 Å². The molecule has 0 fully saturated rings. The van der Waals surface area contributed by atoms with Crippen LogP contribution in [0.4, 0.5) is 0 Å². The molecule has 182 valence electrons. The van der Waals surface area contributed by atoms with Crippen molar-refractivity contribution in [3.05, 3.63) is 94.0 Å². The maximum absolute atomic E-state index is 12.9. The smallest absolute Gasteiger partial charge is 0.262 e. The number of carbonyl (C=O) groups is 2. The summed E-state index contributed by atoms with van der Waals surface area (Å²) in [5.41, 5.74) is 4.15. The molecule has 0 saturated carbocycles. The van der Waals surface area contributed by atoms with Gasteiger partial charge in [0, 0.05) is 11.4 Å². The van der Waals surface area contributed by atoms with Crippen molar-refractivity contribution in [2.75, 3.05) is 7.11 Å². The Hall–Kier alpha value is -3.55. The van der Waals surface area contributed by atoms with Gasteiger partial charge in [-0.05, 0) is 60.5 Å². The Labute approximate surface area is 214 Å². The molecule has 3 rings (SSSR count). The third-order valence-electron chi connectivity index (χ3n) is 4.99. The lowest BCUT2D eigenvalue weighted by Crippen LogP contribution is -2.50. The number of methoxy groups -OCH3 is 1. The zero-order chi connectivity index (χ0) is 25.2. The first-order valence-corrected chi connectivity index (χ1v) is 11.5. The van der Waals surface area contributed by atoms with Gasteiger partial charge in [0.1, 0.15) is 17.5 Å². The van der Waals surface area contributed by atoms with Gasteiger partial charge in [-0.2, -0.15) is 5.10 Å². The van der Waals surface area contributed by atoms with Crippen molar-refractivity contribution >= 4 is 41.2 Å². The number of nitrogens with one attached hydrogen (secondary N) is 2. The molecule has 3 aromatic carbocycles. The van der Waals surface area contributed by atoms with E-state index < -0.39 is 24.0 Å². The number of nitrogens with zero attached hydrogens (tertiary/aromatic N) is 1. The van der Waals surface area contributed by atoms with Gasteiger partial charge in [-0.25, -0.2) is 5.43 Å². The van der Waals surface area contributed by atoms with Crippen LogP contribution in [0.3, 0.4) is 0 Å². The average molecular weight is 514 g/mol. The second-order valence-electron chi connectivity index (χ2n) is 7.59. The Morgan fingerprint density at radius 3 is 2.37 bits per heavy atom. The van der Waals surface area contributed by atoms with Crippen molar-refractivity contribution in [1.29, 1.82) is 0 Å². The number of amides is 2. The number of carbonyl (C=O) groups excluding carboxylic acids is 2. The summed E-state index contributed by atoms with van der Waals surface area (Å²) >= 11 is 12.0. The van der Waals surface area contributed by atoms with E-state index in [4.69, 9.17) is 32.7 Å². The fraction of sp³-hybridized carbons (Fsp3) is 0.192. The fourth-order valence-corrected chi connectivity index (χ4v) is 3.55. The number of benzene rings is 3. The van der Waals surface area contributed by atoms with E-state index in [0.29, 0.717) is 16.5 Å². The topological polar surface area (TPSA) is 89.0 Å². The van der Waals surface area contributed by atoms with Crippen molar-refractivity contribution in [3.8, 4) is 11.5 Å². The predicted octanol–water partition coefficient (Wildman–Crippen LogP) is 4.65. The SMILES string of the molecule is COc1ccc(/C=N\NC(=O)[C@H](Cc2ccccc2)NC(=O)[C@@H](C)Oc2ccc(Cl)cc2Cl)cc1. The maximum atomic E-state index is 12.9. The highest BCUT2D eigenvalue weighted by Gasteiger charge is 2.25. The molecule has 9 heteroatoms. The lowest BCUT2D eigenvalue weighted by atomic mass is 10.1. The van der Waals surface area contributed by atoms with E-state index in [1.54, 1.807) is 50.4 Å². The lowest BCUT2D eigenvalue weighted by molar-refractivity contribution is -0.132. The van der Waals surface area contributed by atoms with E-state index in [1.807, 2.05) is 30.3 Å². The van der Waals surface area contributed by atoms with Crippen LogP contribution in [-0.4, -0.2) is 37.3 Å². The second-order valence-corrected chi connectivity index (χ2v) is 8.44. The van der Waals surface area contributed by atoms with Gasteiger partial charge in [-0.3, -0.25) is 9.59 Å². The lowest BCUT2D eigenvalue weighted by Gasteiger charge is -2.21. The molecule has 35 heavy (non-hydrogen) atoms. The van der Waals surface area contributed by atoms with Gasteiger partial charge in [0.2, 0.25) is 0 Å². The Morgan fingerprint density at radius 2 is 1.71 bits per heavy atom. The number of ether oxygens (including phenoxy) is 2. The Kier molecular flexibility index (Phi) is 9.52. The van der Waals surface area contributed by atoms with Crippen molar-refractivity contribution in [2.45, 2.75) is 25.5 Å². The average Bonchev–Trinajstić information content (AvgIpc) is 2.86. The maximum Gasteiger partial charge on any atom is 0.262 e. The second kappa shape index (κ2) is 12.8. The molecule has 0 aromatic heterocycles. The summed E-state index contributed by atoms with van der Waals surface area (Å²) in [6, 6.07) is 20.4. The molecular weight excluding hydrogens is 489 g/mol. The monoisotopic (exact) mass is 513 g/mol. The molecule has 0 aliphatic carbocycles. The molecule has 0 saturated heterocycles. The number of halogens is 2. The van der Waals surface area contributed by atoms with Crippen molar-refractivity contribution in [3.63, 3.8) is 0 Å². The van der Waals surface area contributed by atoms with Crippen LogP contribution in [0.15, 0.2) is 77.9 Å². The largest absolute Gasteiger partial charge is 0.497 e. The van der Waals surface area contributed by atoms with E-state index in [1.165, 1.54) is 12.3 Å². The van der Waals surface area contributed by atoms with Crippen LogP contribution in [0.2, 0.25) is 10.0 Å². The molecule has 7 nitrogen and oxygen atoms in total. The molecular formula is C26H25Cl2N3O4. The zero-order valence-electron chi connectivity index (χ0n) is 19.2.